The average Bonchev–Trinajstić information content (AvgIpc) is 3.07. The van der Waals surface area contributed by atoms with Gasteiger partial charge in [-0.2, -0.15) is 0 Å². The zero-order chi connectivity index (χ0) is 21.3. The highest BCUT2D eigenvalue weighted by Crippen LogP contribution is 2.69. The summed E-state index contributed by atoms with van der Waals surface area (Å²) < 4.78 is 20.1. The third-order valence-electron chi connectivity index (χ3n) is 9.70. The minimum atomic E-state index is -0.416. The Morgan fingerprint density at radius 1 is 1.20 bits per heavy atom. The van der Waals surface area contributed by atoms with E-state index in [2.05, 4.69) is 31.5 Å². The topological polar surface area (TPSA) is 42.4 Å². The van der Waals surface area contributed by atoms with Gasteiger partial charge in [-0.05, 0) is 84.5 Å². The summed E-state index contributed by atoms with van der Waals surface area (Å²) in [6, 6.07) is 1.64. The SMILES string of the molecule is C=C1CC2C3CC=C(c4cncc(F)c4)C3(C)CCC2C2(C)CCC(O)CC12OC. The van der Waals surface area contributed by atoms with E-state index in [1.165, 1.54) is 11.8 Å². The van der Waals surface area contributed by atoms with Crippen LogP contribution in [0.2, 0.25) is 0 Å². The fraction of sp³-hybridized carbons (Fsp3) is 0.654. The maximum absolute atomic E-state index is 13.9. The highest BCUT2D eigenvalue weighted by Gasteiger charge is 2.65. The Morgan fingerprint density at radius 3 is 2.73 bits per heavy atom. The third kappa shape index (κ3) is 2.53. The van der Waals surface area contributed by atoms with E-state index in [4.69, 9.17) is 4.74 Å². The van der Waals surface area contributed by atoms with Gasteiger partial charge >= 0.3 is 0 Å². The van der Waals surface area contributed by atoms with Crippen LogP contribution in [0.3, 0.4) is 0 Å². The summed E-state index contributed by atoms with van der Waals surface area (Å²) in [6.45, 7) is 9.30. The molecule has 4 heteroatoms. The van der Waals surface area contributed by atoms with Gasteiger partial charge in [0.15, 0.2) is 0 Å². The molecule has 4 aliphatic rings. The molecule has 0 saturated heterocycles. The van der Waals surface area contributed by atoms with Crippen molar-refractivity contribution in [3.8, 4) is 0 Å². The van der Waals surface area contributed by atoms with E-state index in [-0.39, 0.29) is 22.8 Å². The molecule has 5 rings (SSSR count). The molecule has 1 aromatic rings. The molecular formula is C26H34FNO2. The van der Waals surface area contributed by atoms with E-state index in [9.17, 15) is 9.50 Å². The van der Waals surface area contributed by atoms with E-state index < -0.39 is 5.60 Å². The van der Waals surface area contributed by atoms with Crippen molar-refractivity contribution in [2.45, 2.75) is 70.5 Å². The molecule has 162 valence electrons. The summed E-state index contributed by atoms with van der Waals surface area (Å²) in [5.41, 5.74) is 3.02. The smallest absolute Gasteiger partial charge is 0.142 e. The lowest BCUT2D eigenvalue weighted by Gasteiger charge is -2.65. The molecular weight excluding hydrogens is 377 g/mol. The first-order chi connectivity index (χ1) is 14.2. The van der Waals surface area contributed by atoms with E-state index in [1.54, 1.807) is 13.2 Å². The number of rotatable bonds is 2. The zero-order valence-corrected chi connectivity index (χ0v) is 18.5. The number of fused-ring (bicyclic) bond motifs is 5. The van der Waals surface area contributed by atoms with Gasteiger partial charge < -0.3 is 9.84 Å². The van der Waals surface area contributed by atoms with E-state index in [1.807, 2.05) is 6.20 Å². The van der Waals surface area contributed by atoms with E-state index in [0.717, 1.165) is 49.7 Å². The van der Waals surface area contributed by atoms with Crippen molar-refractivity contribution < 1.29 is 14.2 Å². The van der Waals surface area contributed by atoms with Crippen LogP contribution in [-0.4, -0.2) is 28.9 Å². The maximum atomic E-state index is 13.9. The number of hydrogen-bond donors (Lipinski definition) is 1. The molecule has 4 aliphatic carbocycles. The minimum Gasteiger partial charge on any atom is -0.393 e. The molecule has 3 fully saturated rings. The number of nitrogens with zero attached hydrogens (tertiary/aromatic N) is 1. The van der Waals surface area contributed by atoms with Gasteiger partial charge in [0.25, 0.3) is 0 Å². The Bertz CT molecular complexity index is 912. The molecule has 0 aliphatic heterocycles. The minimum absolute atomic E-state index is 0.00543. The molecule has 1 aromatic heterocycles. The van der Waals surface area contributed by atoms with Crippen molar-refractivity contribution in [2.75, 3.05) is 7.11 Å². The number of aliphatic hydroxyl groups excluding tert-OH is 1. The molecule has 0 radical (unpaired) electrons. The number of allylic oxidation sites excluding steroid dienone is 2. The summed E-state index contributed by atoms with van der Waals surface area (Å²) >= 11 is 0. The molecule has 1 N–H and O–H groups in total. The van der Waals surface area contributed by atoms with Gasteiger partial charge in [0.05, 0.1) is 17.9 Å². The van der Waals surface area contributed by atoms with Crippen molar-refractivity contribution in [1.29, 1.82) is 0 Å². The second-order valence-corrected chi connectivity index (χ2v) is 10.7. The molecule has 0 bridgehead atoms. The second-order valence-electron chi connectivity index (χ2n) is 10.7. The highest BCUT2D eigenvalue weighted by atomic mass is 19.1. The van der Waals surface area contributed by atoms with E-state index in [0.29, 0.717) is 24.2 Å². The lowest BCUT2D eigenvalue weighted by Crippen LogP contribution is -2.64. The number of hydrogen-bond acceptors (Lipinski definition) is 3. The average molecular weight is 412 g/mol. The van der Waals surface area contributed by atoms with Crippen LogP contribution in [0.15, 0.2) is 36.7 Å². The van der Waals surface area contributed by atoms with Crippen LogP contribution in [0.5, 0.6) is 0 Å². The number of methoxy groups -OCH3 is 1. The molecule has 7 atom stereocenters. The first-order valence-electron chi connectivity index (χ1n) is 11.5. The van der Waals surface area contributed by atoms with Crippen LogP contribution in [0, 0.1) is 34.4 Å². The van der Waals surface area contributed by atoms with Crippen molar-refractivity contribution in [2.24, 2.45) is 28.6 Å². The monoisotopic (exact) mass is 411 g/mol. The molecule has 7 unspecified atom stereocenters. The number of pyridine rings is 1. The molecule has 30 heavy (non-hydrogen) atoms. The molecule has 0 spiro atoms. The van der Waals surface area contributed by atoms with Gasteiger partial charge in [-0.15, -0.1) is 0 Å². The standard InChI is InChI=1S/C26H34FNO2/c1-16-11-20-22-6-5-21(17-12-18(27)15-28-14-17)24(22,2)9-8-23(20)25(3)10-7-19(29)13-26(16,25)30-4/h5,12,14-15,19-20,22-23,29H,1,6-11,13H2,2-4H3. The number of aromatic nitrogens is 1. The normalized spacial score (nSPS) is 45.4. The number of aliphatic hydroxyl groups is 1. The summed E-state index contributed by atoms with van der Waals surface area (Å²) in [6.07, 6.45) is 11.9. The van der Waals surface area contributed by atoms with Crippen molar-refractivity contribution in [3.05, 3.63) is 48.1 Å². The lowest BCUT2D eigenvalue weighted by atomic mass is 9.42. The van der Waals surface area contributed by atoms with Gasteiger partial charge in [-0.1, -0.05) is 26.5 Å². The van der Waals surface area contributed by atoms with Gasteiger partial charge in [-0.3, -0.25) is 4.98 Å². The predicted octanol–water partition coefficient (Wildman–Crippen LogP) is 5.55. The van der Waals surface area contributed by atoms with Crippen LogP contribution < -0.4 is 0 Å². The highest BCUT2D eigenvalue weighted by molar-refractivity contribution is 5.72. The molecule has 3 saturated carbocycles. The van der Waals surface area contributed by atoms with Gasteiger partial charge in [0.2, 0.25) is 0 Å². The first kappa shape index (κ1) is 20.4. The molecule has 0 amide bonds. The van der Waals surface area contributed by atoms with Crippen LogP contribution in [0.25, 0.3) is 5.57 Å². The Morgan fingerprint density at radius 2 is 2.00 bits per heavy atom. The van der Waals surface area contributed by atoms with Crippen LogP contribution in [0.1, 0.15) is 64.4 Å². The Hall–Kier alpha value is -1.52. The van der Waals surface area contributed by atoms with E-state index >= 15 is 0 Å². The molecule has 0 aromatic carbocycles. The summed E-state index contributed by atoms with van der Waals surface area (Å²) in [4.78, 5) is 4.11. The van der Waals surface area contributed by atoms with Crippen LogP contribution in [0.4, 0.5) is 4.39 Å². The fourth-order valence-electron chi connectivity index (χ4n) is 8.22. The quantitative estimate of drug-likeness (QED) is 0.649. The summed E-state index contributed by atoms with van der Waals surface area (Å²) in [5.74, 6) is 1.38. The van der Waals surface area contributed by atoms with Crippen LogP contribution >= 0.6 is 0 Å². The van der Waals surface area contributed by atoms with Crippen molar-refractivity contribution in [1.82, 2.24) is 4.98 Å². The van der Waals surface area contributed by atoms with Crippen molar-refractivity contribution >= 4 is 5.57 Å². The zero-order valence-electron chi connectivity index (χ0n) is 18.5. The van der Waals surface area contributed by atoms with Gasteiger partial charge in [-0.25, -0.2) is 4.39 Å². The Balaban J connectivity index is 1.51. The van der Waals surface area contributed by atoms with Crippen molar-refractivity contribution in [3.63, 3.8) is 0 Å². The van der Waals surface area contributed by atoms with Gasteiger partial charge in [0, 0.05) is 25.1 Å². The molecule has 3 nitrogen and oxygen atoms in total. The number of ether oxygens (including phenoxy) is 1. The fourth-order valence-corrected chi connectivity index (χ4v) is 8.22. The Kier molecular flexibility index (Phi) is 4.58. The largest absolute Gasteiger partial charge is 0.393 e. The summed E-state index contributed by atoms with van der Waals surface area (Å²) in [5, 5.41) is 10.5. The lowest BCUT2D eigenvalue weighted by molar-refractivity contribution is -0.200. The summed E-state index contributed by atoms with van der Waals surface area (Å²) in [7, 11) is 1.81. The predicted molar refractivity (Wildman–Crippen MR) is 116 cm³/mol. The van der Waals surface area contributed by atoms with Gasteiger partial charge in [0.1, 0.15) is 5.82 Å². The molecule has 1 heterocycles. The number of halogens is 1. The second kappa shape index (κ2) is 6.74. The maximum Gasteiger partial charge on any atom is 0.142 e. The first-order valence-corrected chi connectivity index (χ1v) is 11.5. The van der Waals surface area contributed by atoms with Crippen LogP contribution in [-0.2, 0) is 4.74 Å². The Labute approximate surface area is 179 Å². The third-order valence-corrected chi connectivity index (χ3v) is 9.70.